The van der Waals surface area contributed by atoms with Gasteiger partial charge in [-0.25, -0.2) is 4.98 Å². The van der Waals surface area contributed by atoms with Crippen LogP contribution < -0.4 is 0 Å². The Hall–Kier alpha value is -1.82. The normalized spacial score (nSPS) is 9.39. The lowest BCUT2D eigenvalue weighted by Gasteiger charge is -2.05. The van der Waals surface area contributed by atoms with Gasteiger partial charge in [0.25, 0.3) is 6.47 Å². The molecule has 6 heteroatoms. The molecule has 96 valence electrons. The van der Waals surface area contributed by atoms with E-state index in [0.717, 1.165) is 23.8 Å². The Morgan fingerprint density at radius 2 is 2.17 bits per heavy atom. The Kier molecular flexibility index (Phi) is 6.56. The molecule has 0 aromatic carbocycles. The van der Waals surface area contributed by atoms with Crippen molar-refractivity contribution in [2.75, 3.05) is 12.0 Å². The Morgan fingerprint density at radius 1 is 1.39 bits per heavy atom. The van der Waals surface area contributed by atoms with Gasteiger partial charge in [-0.1, -0.05) is 6.07 Å². The van der Waals surface area contributed by atoms with Crippen LogP contribution in [0.25, 0.3) is 11.5 Å². The molecule has 0 bridgehead atoms. The van der Waals surface area contributed by atoms with Crippen molar-refractivity contribution in [3.8, 4) is 11.5 Å². The fourth-order valence-corrected chi connectivity index (χ4v) is 1.79. The summed E-state index contributed by atoms with van der Waals surface area (Å²) >= 11 is 1.83. The second-order valence-electron chi connectivity index (χ2n) is 3.26. The summed E-state index contributed by atoms with van der Waals surface area (Å²) in [5, 5.41) is 6.89. The van der Waals surface area contributed by atoms with Crippen molar-refractivity contribution in [3.63, 3.8) is 0 Å². The third-order valence-corrected chi connectivity index (χ3v) is 2.74. The molecule has 2 rings (SSSR count). The Bertz CT molecular complexity index is 459. The van der Waals surface area contributed by atoms with Gasteiger partial charge in [-0.2, -0.15) is 11.8 Å². The monoisotopic (exact) mass is 265 g/mol. The Balaban J connectivity index is 0.000000492. The van der Waals surface area contributed by atoms with Gasteiger partial charge in [-0.05, 0) is 18.4 Å². The number of nitrogens with zero attached hydrogens (tertiary/aromatic N) is 3. The first-order chi connectivity index (χ1) is 8.83. The van der Waals surface area contributed by atoms with E-state index in [1.165, 1.54) is 0 Å². The van der Waals surface area contributed by atoms with Gasteiger partial charge in [-0.3, -0.25) is 9.78 Å². The van der Waals surface area contributed by atoms with Gasteiger partial charge >= 0.3 is 0 Å². The number of rotatable bonds is 4. The van der Waals surface area contributed by atoms with Gasteiger partial charge in [0, 0.05) is 30.9 Å². The number of pyridine rings is 1. The minimum absolute atomic E-state index is 0.250. The van der Waals surface area contributed by atoms with Crippen LogP contribution in [0.5, 0.6) is 0 Å². The quantitative estimate of drug-likeness (QED) is 0.856. The minimum Gasteiger partial charge on any atom is -0.483 e. The zero-order chi connectivity index (χ0) is 13.2. The molecule has 0 aliphatic carbocycles. The third-order valence-electron chi connectivity index (χ3n) is 2.15. The van der Waals surface area contributed by atoms with Crippen LogP contribution in [0.4, 0.5) is 0 Å². The second-order valence-corrected chi connectivity index (χ2v) is 4.24. The highest BCUT2D eigenvalue weighted by Gasteiger charge is 2.05. The molecular formula is C12H15N3O2S. The van der Waals surface area contributed by atoms with Gasteiger partial charge < -0.3 is 9.67 Å². The SMILES string of the molecule is CSCCn1ccnc1-c1ccccn1.O=CO. The average Bonchev–Trinajstić information content (AvgIpc) is 2.86. The molecule has 0 atom stereocenters. The number of thioether (sulfide) groups is 1. The molecule has 18 heavy (non-hydrogen) atoms. The van der Waals surface area contributed by atoms with E-state index in [-0.39, 0.29) is 6.47 Å². The van der Waals surface area contributed by atoms with Crippen LogP contribution in [0, 0.1) is 0 Å². The molecule has 0 spiro atoms. The van der Waals surface area contributed by atoms with E-state index in [0.29, 0.717) is 0 Å². The number of aromatic nitrogens is 3. The number of hydrogen-bond acceptors (Lipinski definition) is 4. The molecule has 5 nitrogen and oxygen atoms in total. The van der Waals surface area contributed by atoms with Gasteiger partial charge in [0.15, 0.2) is 5.82 Å². The number of hydrogen-bond donors (Lipinski definition) is 1. The fourth-order valence-electron chi connectivity index (χ4n) is 1.41. The highest BCUT2D eigenvalue weighted by atomic mass is 32.2. The summed E-state index contributed by atoms with van der Waals surface area (Å²) in [4.78, 5) is 17.0. The summed E-state index contributed by atoms with van der Waals surface area (Å²) < 4.78 is 2.14. The standard InChI is InChI=1S/C11H13N3S.CH2O2/c1-15-9-8-14-7-6-13-11(14)10-4-2-3-5-12-10;2-1-3/h2-7H,8-9H2,1H3;1H,(H,2,3). The highest BCUT2D eigenvalue weighted by Crippen LogP contribution is 2.14. The van der Waals surface area contributed by atoms with E-state index >= 15 is 0 Å². The predicted molar refractivity (Wildman–Crippen MR) is 72.5 cm³/mol. The first-order valence-electron chi connectivity index (χ1n) is 5.32. The molecule has 0 saturated heterocycles. The number of carbonyl (C=O) groups is 1. The van der Waals surface area contributed by atoms with Gasteiger partial charge in [0.2, 0.25) is 0 Å². The fraction of sp³-hybridized carbons (Fsp3) is 0.250. The molecule has 2 aromatic rings. The Labute approximate surface area is 110 Å². The smallest absolute Gasteiger partial charge is 0.290 e. The molecule has 0 aliphatic heterocycles. The van der Waals surface area contributed by atoms with Crippen LogP contribution in [0.3, 0.4) is 0 Å². The minimum atomic E-state index is -0.250. The maximum absolute atomic E-state index is 8.36. The Morgan fingerprint density at radius 3 is 2.78 bits per heavy atom. The van der Waals surface area contributed by atoms with Crippen LogP contribution in [0.15, 0.2) is 36.8 Å². The van der Waals surface area contributed by atoms with Crippen molar-refractivity contribution in [2.45, 2.75) is 6.54 Å². The van der Waals surface area contributed by atoms with Crippen molar-refractivity contribution in [1.82, 2.24) is 14.5 Å². The summed E-state index contributed by atoms with van der Waals surface area (Å²) in [5.74, 6) is 2.04. The highest BCUT2D eigenvalue weighted by molar-refractivity contribution is 7.98. The topological polar surface area (TPSA) is 68.0 Å². The predicted octanol–water partition coefficient (Wildman–Crippen LogP) is 2.01. The number of aryl methyl sites for hydroxylation is 1. The molecule has 0 aliphatic rings. The van der Waals surface area contributed by atoms with E-state index in [2.05, 4.69) is 20.8 Å². The second kappa shape index (κ2) is 8.30. The number of imidazole rings is 1. The van der Waals surface area contributed by atoms with Crippen molar-refractivity contribution in [1.29, 1.82) is 0 Å². The molecule has 1 N–H and O–H groups in total. The van der Waals surface area contributed by atoms with Gasteiger partial charge in [0.05, 0.1) is 0 Å². The molecule has 0 unspecified atom stereocenters. The van der Waals surface area contributed by atoms with E-state index in [4.69, 9.17) is 9.90 Å². The molecule has 0 saturated carbocycles. The van der Waals surface area contributed by atoms with E-state index in [1.54, 1.807) is 6.20 Å². The van der Waals surface area contributed by atoms with Crippen LogP contribution >= 0.6 is 11.8 Å². The zero-order valence-electron chi connectivity index (χ0n) is 10.1. The van der Waals surface area contributed by atoms with Crippen molar-refractivity contribution >= 4 is 18.2 Å². The molecule has 0 amide bonds. The maximum Gasteiger partial charge on any atom is 0.290 e. The van der Waals surface area contributed by atoms with E-state index < -0.39 is 0 Å². The van der Waals surface area contributed by atoms with Gasteiger partial charge in [0.1, 0.15) is 5.69 Å². The summed E-state index contributed by atoms with van der Waals surface area (Å²) in [6.45, 7) is 0.729. The molecular weight excluding hydrogens is 250 g/mol. The third kappa shape index (κ3) is 4.21. The zero-order valence-corrected chi connectivity index (χ0v) is 10.9. The molecule has 2 heterocycles. The molecule has 0 fully saturated rings. The average molecular weight is 265 g/mol. The first-order valence-corrected chi connectivity index (χ1v) is 6.72. The maximum atomic E-state index is 8.36. The summed E-state index contributed by atoms with van der Waals surface area (Å²) in [6.07, 6.45) is 7.73. The first kappa shape index (κ1) is 14.2. The summed E-state index contributed by atoms with van der Waals surface area (Å²) in [5.41, 5.74) is 0.934. The molecule has 2 aromatic heterocycles. The van der Waals surface area contributed by atoms with Crippen molar-refractivity contribution in [2.24, 2.45) is 0 Å². The lowest BCUT2D eigenvalue weighted by Crippen LogP contribution is -2.02. The largest absolute Gasteiger partial charge is 0.483 e. The van der Waals surface area contributed by atoms with Crippen molar-refractivity contribution in [3.05, 3.63) is 36.8 Å². The summed E-state index contributed by atoms with van der Waals surface area (Å²) in [6, 6.07) is 5.88. The van der Waals surface area contributed by atoms with Crippen LogP contribution in [-0.4, -0.2) is 38.1 Å². The van der Waals surface area contributed by atoms with Crippen LogP contribution in [0.1, 0.15) is 0 Å². The lowest BCUT2D eigenvalue weighted by molar-refractivity contribution is -0.122. The number of carboxylic acid groups (broad SMARTS) is 1. The lowest BCUT2D eigenvalue weighted by atomic mass is 10.3. The van der Waals surface area contributed by atoms with Crippen LogP contribution in [0.2, 0.25) is 0 Å². The van der Waals surface area contributed by atoms with Crippen molar-refractivity contribution < 1.29 is 9.90 Å². The van der Waals surface area contributed by atoms with Gasteiger partial charge in [-0.15, -0.1) is 0 Å². The summed E-state index contributed by atoms with van der Waals surface area (Å²) in [7, 11) is 0. The van der Waals surface area contributed by atoms with E-state index in [1.807, 2.05) is 42.4 Å². The molecule has 0 radical (unpaired) electrons. The van der Waals surface area contributed by atoms with Crippen LogP contribution in [-0.2, 0) is 11.3 Å². The van der Waals surface area contributed by atoms with E-state index in [9.17, 15) is 0 Å².